The smallest absolute Gasteiger partial charge is 0.321 e. The highest BCUT2D eigenvalue weighted by Gasteiger charge is 2.15. The van der Waals surface area contributed by atoms with Crippen LogP contribution in [0.5, 0.6) is 0 Å². The lowest BCUT2D eigenvalue weighted by molar-refractivity contribution is -0.148. The van der Waals surface area contributed by atoms with Crippen molar-refractivity contribution in [3.63, 3.8) is 0 Å². The Morgan fingerprint density at radius 2 is 1.96 bits per heavy atom. The second kappa shape index (κ2) is 9.29. The van der Waals surface area contributed by atoms with Gasteiger partial charge in [-0.05, 0) is 46.1 Å². The predicted octanol–water partition coefficient (Wildman–Crippen LogP) is 1.75. The molecule has 0 aromatic carbocycles. The summed E-state index contributed by atoms with van der Waals surface area (Å²) in [5, 5.41) is 9.13. The van der Waals surface area contributed by atoms with E-state index in [2.05, 4.69) is 20.7 Å². The van der Waals surface area contributed by atoms with E-state index in [-0.39, 0.29) is 12.5 Å². The fraction of sp³-hybridized carbons (Fsp3) is 0.526. The lowest BCUT2D eigenvalue weighted by Gasteiger charge is -2.12. The maximum atomic E-state index is 12.0. The summed E-state index contributed by atoms with van der Waals surface area (Å²) in [5.74, 6) is -1.19. The van der Waals surface area contributed by atoms with E-state index in [0.29, 0.717) is 6.42 Å². The van der Waals surface area contributed by atoms with Gasteiger partial charge in [-0.2, -0.15) is 5.10 Å². The Morgan fingerprint density at radius 3 is 2.64 bits per heavy atom. The second-order valence-electron chi connectivity index (χ2n) is 6.81. The first-order chi connectivity index (χ1) is 13.2. The Labute approximate surface area is 163 Å². The van der Waals surface area contributed by atoms with Gasteiger partial charge in [0.1, 0.15) is 0 Å². The van der Waals surface area contributed by atoms with Gasteiger partial charge in [-0.15, -0.1) is 0 Å². The number of nitrogens with zero attached hydrogens (tertiary/aromatic N) is 3. The number of fused-ring (bicyclic) bond motifs is 1. The van der Waals surface area contributed by atoms with Crippen molar-refractivity contribution >= 4 is 23.6 Å². The van der Waals surface area contributed by atoms with Crippen LogP contribution in [0.15, 0.2) is 6.07 Å². The molecular weight excluding hydrogens is 362 g/mol. The Balaban J connectivity index is 1.85. The minimum absolute atomic E-state index is 0.0497. The molecule has 2 N–H and O–H groups in total. The molecule has 2 aromatic heterocycles. The fourth-order valence-electron chi connectivity index (χ4n) is 2.77. The van der Waals surface area contributed by atoms with E-state index < -0.39 is 24.5 Å². The monoisotopic (exact) mass is 389 g/mol. The number of carbonyl (C=O) groups excluding carboxylic acids is 3. The van der Waals surface area contributed by atoms with Crippen molar-refractivity contribution in [3.8, 4) is 0 Å². The van der Waals surface area contributed by atoms with Crippen molar-refractivity contribution in [2.24, 2.45) is 0 Å². The number of aryl methyl sites for hydroxylation is 3. The molecule has 3 amide bonds. The highest BCUT2D eigenvalue weighted by molar-refractivity contribution is 5.95. The van der Waals surface area contributed by atoms with Crippen molar-refractivity contribution in [2.45, 2.75) is 59.9 Å². The molecule has 9 nitrogen and oxygen atoms in total. The van der Waals surface area contributed by atoms with Gasteiger partial charge in [0.15, 0.2) is 12.3 Å². The summed E-state index contributed by atoms with van der Waals surface area (Å²) in [6.07, 6.45) is 1.27. The van der Waals surface area contributed by atoms with Gasteiger partial charge < -0.3 is 10.1 Å². The molecule has 0 radical (unpaired) electrons. The predicted molar refractivity (Wildman–Crippen MR) is 103 cm³/mol. The molecule has 0 saturated heterocycles. The van der Waals surface area contributed by atoms with Crippen LogP contribution in [0.3, 0.4) is 0 Å². The minimum atomic E-state index is -0.670. The van der Waals surface area contributed by atoms with Crippen LogP contribution in [0.1, 0.15) is 49.3 Å². The Morgan fingerprint density at radius 1 is 1.25 bits per heavy atom. The second-order valence-corrected chi connectivity index (χ2v) is 6.81. The number of hydrogen-bond acceptors (Lipinski definition) is 6. The van der Waals surface area contributed by atoms with Gasteiger partial charge in [0.25, 0.3) is 5.91 Å². The molecule has 152 valence electrons. The zero-order valence-corrected chi connectivity index (χ0v) is 17.0. The number of nitrogens with one attached hydrogen (secondary N) is 2. The van der Waals surface area contributed by atoms with Crippen LogP contribution in [-0.2, 0) is 20.7 Å². The van der Waals surface area contributed by atoms with E-state index in [1.54, 1.807) is 4.52 Å². The van der Waals surface area contributed by atoms with E-state index in [9.17, 15) is 14.4 Å². The van der Waals surface area contributed by atoms with Crippen LogP contribution in [0, 0.1) is 20.8 Å². The van der Waals surface area contributed by atoms with Crippen LogP contribution >= 0.6 is 0 Å². The summed E-state index contributed by atoms with van der Waals surface area (Å²) in [7, 11) is 0. The molecule has 0 aliphatic carbocycles. The Hall–Kier alpha value is -2.97. The number of esters is 1. The van der Waals surface area contributed by atoms with Gasteiger partial charge in [-0.25, -0.2) is 14.3 Å². The van der Waals surface area contributed by atoms with Gasteiger partial charge in [0.05, 0.1) is 5.69 Å². The summed E-state index contributed by atoms with van der Waals surface area (Å²) < 4.78 is 6.71. The van der Waals surface area contributed by atoms with Crippen LogP contribution in [0.2, 0.25) is 0 Å². The van der Waals surface area contributed by atoms with E-state index >= 15 is 0 Å². The number of rotatable bonds is 7. The Bertz CT molecular complexity index is 890. The maximum absolute atomic E-state index is 12.0. The topological polar surface area (TPSA) is 115 Å². The van der Waals surface area contributed by atoms with Crippen LogP contribution in [0.25, 0.3) is 5.65 Å². The van der Waals surface area contributed by atoms with Crippen molar-refractivity contribution in [2.75, 3.05) is 6.61 Å². The largest absolute Gasteiger partial charge is 0.456 e. The third-order valence-electron chi connectivity index (χ3n) is 4.47. The molecule has 0 aliphatic rings. The molecule has 2 rings (SSSR count). The first-order valence-electron chi connectivity index (χ1n) is 9.29. The summed E-state index contributed by atoms with van der Waals surface area (Å²) in [5.41, 5.74) is 4.31. The molecule has 2 aromatic rings. The third-order valence-corrected chi connectivity index (χ3v) is 4.47. The third kappa shape index (κ3) is 5.51. The van der Waals surface area contributed by atoms with Gasteiger partial charge in [-0.1, -0.05) is 6.92 Å². The molecule has 1 atom stereocenters. The lowest BCUT2D eigenvalue weighted by atomic mass is 10.1. The van der Waals surface area contributed by atoms with Crippen LogP contribution in [0.4, 0.5) is 4.79 Å². The van der Waals surface area contributed by atoms with Crippen molar-refractivity contribution in [1.29, 1.82) is 0 Å². The van der Waals surface area contributed by atoms with Crippen LogP contribution in [-0.4, -0.2) is 45.2 Å². The molecule has 28 heavy (non-hydrogen) atoms. The molecule has 9 heteroatoms. The quantitative estimate of drug-likeness (QED) is 0.697. The fourth-order valence-corrected chi connectivity index (χ4v) is 2.77. The summed E-state index contributed by atoms with van der Waals surface area (Å²) in [6, 6.07) is 1.25. The van der Waals surface area contributed by atoms with Gasteiger partial charge in [0.2, 0.25) is 0 Å². The van der Waals surface area contributed by atoms with Crippen LogP contribution < -0.4 is 10.6 Å². The summed E-state index contributed by atoms with van der Waals surface area (Å²) in [6.45, 7) is 8.95. The molecule has 0 bridgehead atoms. The SMILES string of the molecule is CC[C@@H](C)NC(=O)NC(=O)COC(=O)CCc1c(C)nc2cc(C)nn2c1C. The number of carbonyl (C=O) groups is 3. The van der Waals surface area contributed by atoms with E-state index in [1.807, 2.05) is 40.7 Å². The van der Waals surface area contributed by atoms with Gasteiger partial charge >= 0.3 is 12.0 Å². The molecule has 2 heterocycles. The standard InChI is InChI=1S/C19H27N5O4/c1-6-11(2)20-19(27)22-17(25)10-28-18(26)8-7-15-13(4)21-16-9-12(3)23-24(16)14(15)5/h9,11H,6-8,10H2,1-5H3,(H2,20,22,25,27)/t11-/m1/s1. The molecule has 0 aliphatic heterocycles. The number of urea groups is 1. The lowest BCUT2D eigenvalue weighted by Crippen LogP contribution is -2.44. The zero-order valence-electron chi connectivity index (χ0n) is 17.0. The highest BCUT2D eigenvalue weighted by Crippen LogP contribution is 2.17. The number of amides is 3. The van der Waals surface area contributed by atoms with Gasteiger partial charge in [-0.3, -0.25) is 14.9 Å². The molecular formula is C19H27N5O4. The zero-order chi connectivity index (χ0) is 20.8. The van der Waals surface area contributed by atoms with Crippen molar-refractivity contribution in [1.82, 2.24) is 25.2 Å². The average molecular weight is 389 g/mol. The number of hydrogen-bond donors (Lipinski definition) is 2. The maximum Gasteiger partial charge on any atom is 0.321 e. The van der Waals surface area contributed by atoms with Crippen molar-refractivity contribution < 1.29 is 19.1 Å². The molecule has 0 saturated carbocycles. The number of ether oxygens (including phenoxy) is 1. The molecule has 0 unspecified atom stereocenters. The number of imide groups is 1. The minimum Gasteiger partial charge on any atom is -0.456 e. The molecule has 0 fully saturated rings. The summed E-state index contributed by atoms with van der Waals surface area (Å²) in [4.78, 5) is 39.7. The van der Waals surface area contributed by atoms with E-state index in [4.69, 9.17) is 4.74 Å². The highest BCUT2D eigenvalue weighted by atomic mass is 16.5. The van der Waals surface area contributed by atoms with E-state index in [0.717, 1.165) is 34.7 Å². The Kier molecular flexibility index (Phi) is 7.08. The molecule has 0 spiro atoms. The van der Waals surface area contributed by atoms with E-state index in [1.165, 1.54) is 0 Å². The summed E-state index contributed by atoms with van der Waals surface area (Å²) >= 11 is 0. The normalized spacial score (nSPS) is 11.9. The number of aromatic nitrogens is 3. The van der Waals surface area contributed by atoms with Gasteiger partial charge in [0, 0.05) is 29.9 Å². The first kappa shape index (κ1) is 21.3. The first-order valence-corrected chi connectivity index (χ1v) is 9.29. The average Bonchev–Trinajstić information content (AvgIpc) is 2.99. The van der Waals surface area contributed by atoms with Crippen molar-refractivity contribution in [3.05, 3.63) is 28.7 Å².